The number of fused-ring (bicyclic) bond motifs is 1. The van der Waals surface area contributed by atoms with E-state index in [-0.39, 0.29) is 11.6 Å². The molecule has 134 valence electrons. The van der Waals surface area contributed by atoms with Gasteiger partial charge in [0.15, 0.2) is 6.67 Å². The maximum atomic E-state index is 14.0. The topological polar surface area (TPSA) is 37.1 Å². The van der Waals surface area contributed by atoms with Crippen LogP contribution in [0.3, 0.4) is 0 Å². The molecule has 26 heavy (non-hydrogen) atoms. The summed E-state index contributed by atoms with van der Waals surface area (Å²) in [7, 11) is 0. The van der Waals surface area contributed by atoms with Gasteiger partial charge in [-0.1, -0.05) is 37.3 Å². The first-order valence-electron chi connectivity index (χ1n) is 9.21. The van der Waals surface area contributed by atoms with Crippen LogP contribution < -0.4 is 9.80 Å². The van der Waals surface area contributed by atoms with E-state index >= 15 is 0 Å². The summed E-state index contributed by atoms with van der Waals surface area (Å²) in [5, 5.41) is 0. The van der Waals surface area contributed by atoms with Crippen LogP contribution >= 0.6 is 0 Å². The molecule has 0 saturated carbocycles. The Hall–Kier alpha value is -2.53. The zero-order valence-electron chi connectivity index (χ0n) is 14.9. The zero-order valence-corrected chi connectivity index (χ0v) is 14.9. The van der Waals surface area contributed by atoms with E-state index in [9.17, 15) is 9.18 Å². The van der Waals surface area contributed by atoms with E-state index in [0.717, 1.165) is 30.3 Å². The van der Waals surface area contributed by atoms with Gasteiger partial charge >= 0.3 is 0 Å². The highest BCUT2D eigenvalue weighted by molar-refractivity contribution is 6.54. The Morgan fingerprint density at radius 1 is 1.12 bits per heavy atom. The molecule has 4 nitrogen and oxygen atoms in total. The maximum absolute atomic E-state index is 14.0. The molecule has 2 aromatic rings. The molecule has 1 amide bonds. The van der Waals surface area contributed by atoms with Crippen LogP contribution in [0.5, 0.6) is 0 Å². The minimum Gasteiger partial charge on any atom is -0.317 e. The first kappa shape index (κ1) is 16.9. The Bertz CT molecular complexity index is 856. The number of hydrogen-bond acceptors (Lipinski definition) is 2. The van der Waals surface area contributed by atoms with Gasteiger partial charge in [-0.25, -0.2) is 9.38 Å². The second-order valence-electron chi connectivity index (χ2n) is 7.25. The molecule has 0 spiro atoms. The quantitative estimate of drug-likeness (QED) is 0.906. The second-order valence-corrected chi connectivity index (χ2v) is 7.25. The molecule has 0 atom stereocenters. The lowest BCUT2D eigenvalue weighted by atomic mass is 10.00. The predicted octanol–water partition coefficient (Wildman–Crippen LogP) is 2.57. The van der Waals surface area contributed by atoms with Crippen molar-refractivity contribution in [2.24, 2.45) is 10.9 Å². The number of nitrogens with zero attached hydrogens (tertiary/aromatic N) is 2. The van der Waals surface area contributed by atoms with Crippen molar-refractivity contribution in [2.45, 2.75) is 19.8 Å². The van der Waals surface area contributed by atoms with Crippen molar-refractivity contribution in [1.29, 1.82) is 0 Å². The molecule has 1 N–H and O–H groups in total. The summed E-state index contributed by atoms with van der Waals surface area (Å²) in [4.78, 5) is 20.7. The van der Waals surface area contributed by atoms with Crippen LogP contribution in [0.25, 0.3) is 0 Å². The summed E-state index contributed by atoms with van der Waals surface area (Å²) in [6.45, 7) is 5.07. The average Bonchev–Trinajstić information content (AvgIpc) is 2.91. The van der Waals surface area contributed by atoms with Crippen LogP contribution in [0.15, 0.2) is 53.5 Å². The average molecular weight is 352 g/mol. The molecule has 0 aliphatic carbocycles. The number of aliphatic imine (C=N–C) groups is 1. The molecular weight excluding hydrogens is 329 g/mol. The van der Waals surface area contributed by atoms with Crippen LogP contribution in [0.1, 0.15) is 25.3 Å². The Morgan fingerprint density at radius 2 is 1.81 bits per heavy atom. The van der Waals surface area contributed by atoms with E-state index < -0.39 is 5.82 Å². The van der Waals surface area contributed by atoms with Crippen LogP contribution in [-0.2, 0) is 4.79 Å². The molecular formula is C21H23FN3O+. The highest BCUT2D eigenvalue weighted by atomic mass is 19.1. The molecule has 1 saturated heterocycles. The van der Waals surface area contributed by atoms with Gasteiger partial charge in [-0.05, 0) is 37.0 Å². The molecule has 2 aliphatic heterocycles. The van der Waals surface area contributed by atoms with Crippen molar-refractivity contribution in [3.63, 3.8) is 0 Å². The Morgan fingerprint density at radius 3 is 2.58 bits per heavy atom. The third-order valence-electron chi connectivity index (χ3n) is 5.35. The lowest BCUT2D eigenvalue weighted by molar-refractivity contribution is -0.904. The molecule has 2 heterocycles. The molecule has 0 radical (unpaired) electrons. The predicted molar refractivity (Wildman–Crippen MR) is 100 cm³/mol. The van der Waals surface area contributed by atoms with E-state index in [2.05, 4.69) is 11.9 Å². The number of likely N-dealkylation sites (tertiary alicyclic amines) is 1. The summed E-state index contributed by atoms with van der Waals surface area (Å²) in [6, 6.07) is 14.0. The normalized spacial score (nSPS) is 24.2. The monoisotopic (exact) mass is 352 g/mol. The van der Waals surface area contributed by atoms with Crippen LogP contribution in [0.4, 0.5) is 15.8 Å². The van der Waals surface area contributed by atoms with Crippen LogP contribution in [0, 0.1) is 11.7 Å². The van der Waals surface area contributed by atoms with E-state index in [4.69, 9.17) is 0 Å². The molecule has 2 aliphatic rings. The number of amides is 1. The smallest absolute Gasteiger partial charge is 0.281 e. The van der Waals surface area contributed by atoms with Gasteiger partial charge in [-0.3, -0.25) is 9.69 Å². The van der Waals surface area contributed by atoms with Crippen LogP contribution in [0.2, 0.25) is 0 Å². The fraction of sp³-hybridized carbons (Fsp3) is 0.333. The summed E-state index contributed by atoms with van der Waals surface area (Å²) in [5.74, 6) is 0.207. The summed E-state index contributed by atoms with van der Waals surface area (Å²) in [6.07, 6.45) is 2.38. The Kier molecular flexibility index (Phi) is 4.55. The summed E-state index contributed by atoms with van der Waals surface area (Å²) < 4.78 is 14.0. The third-order valence-corrected chi connectivity index (χ3v) is 5.35. The largest absolute Gasteiger partial charge is 0.317 e. The molecule has 5 heteroatoms. The van der Waals surface area contributed by atoms with Crippen molar-refractivity contribution in [1.82, 2.24) is 0 Å². The number of nitrogens with one attached hydrogen (secondary N) is 1. The van der Waals surface area contributed by atoms with Gasteiger partial charge in [0.1, 0.15) is 11.5 Å². The SMILES string of the molecule is CC1CC[NH+](CN2C(=O)C(=Nc3ccccc3F)c3ccccc32)CC1. The number of rotatable bonds is 3. The molecule has 0 aromatic heterocycles. The fourth-order valence-corrected chi connectivity index (χ4v) is 3.74. The molecule has 1 fully saturated rings. The van der Waals surface area contributed by atoms with Crippen molar-refractivity contribution in [2.75, 3.05) is 24.7 Å². The van der Waals surface area contributed by atoms with Crippen molar-refractivity contribution < 1.29 is 14.1 Å². The lowest BCUT2D eigenvalue weighted by Gasteiger charge is -2.30. The van der Waals surface area contributed by atoms with E-state index in [0.29, 0.717) is 12.4 Å². The number of anilines is 1. The number of carbonyl (C=O) groups is 1. The van der Waals surface area contributed by atoms with Gasteiger partial charge in [-0.15, -0.1) is 0 Å². The number of hydrogen-bond donors (Lipinski definition) is 1. The number of halogens is 1. The molecule has 0 bridgehead atoms. The van der Waals surface area contributed by atoms with Gasteiger partial charge in [0.2, 0.25) is 0 Å². The summed E-state index contributed by atoms with van der Waals surface area (Å²) in [5.41, 5.74) is 2.19. The van der Waals surface area contributed by atoms with Crippen molar-refractivity contribution >= 4 is 23.0 Å². The first-order valence-corrected chi connectivity index (χ1v) is 9.21. The minimum atomic E-state index is -0.417. The zero-order chi connectivity index (χ0) is 18.1. The maximum Gasteiger partial charge on any atom is 0.281 e. The van der Waals surface area contributed by atoms with Crippen LogP contribution in [-0.4, -0.2) is 31.4 Å². The van der Waals surface area contributed by atoms with Gasteiger partial charge in [0, 0.05) is 5.56 Å². The van der Waals surface area contributed by atoms with Gasteiger partial charge in [0.25, 0.3) is 5.91 Å². The van der Waals surface area contributed by atoms with Crippen molar-refractivity contribution in [3.05, 3.63) is 59.9 Å². The van der Waals surface area contributed by atoms with Gasteiger partial charge in [0.05, 0.1) is 24.5 Å². The number of quaternary nitrogens is 1. The van der Waals surface area contributed by atoms with Gasteiger partial charge in [-0.2, -0.15) is 0 Å². The number of carbonyl (C=O) groups excluding carboxylic acids is 1. The van der Waals surface area contributed by atoms with E-state index in [1.165, 1.54) is 23.8 Å². The standard InChI is InChI=1S/C21H22FN3O/c1-15-10-12-24(13-11-15)14-25-19-9-5-2-6-16(19)20(21(25)26)23-18-8-4-3-7-17(18)22/h2-9,15H,10-14H2,1H3/p+1. The molecule has 0 unspecified atom stereocenters. The first-order chi connectivity index (χ1) is 12.6. The third kappa shape index (κ3) is 3.15. The second kappa shape index (κ2) is 7.00. The number of piperidine rings is 1. The number of benzene rings is 2. The molecule has 2 aromatic carbocycles. The highest BCUT2D eigenvalue weighted by Crippen LogP contribution is 2.30. The minimum absolute atomic E-state index is 0.138. The lowest BCUT2D eigenvalue weighted by Crippen LogP contribution is -3.14. The van der Waals surface area contributed by atoms with Gasteiger partial charge < -0.3 is 4.90 Å². The number of para-hydroxylation sites is 2. The van der Waals surface area contributed by atoms with E-state index in [1.54, 1.807) is 23.1 Å². The highest BCUT2D eigenvalue weighted by Gasteiger charge is 2.36. The fourth-order valence-electron chi connectivity index (χ4n) is 3.74. The van der Waals surface area contributed by atoms with Crippen molar-refractivity contribution in [3.8, 4) is 0 Å². The van der Waals surface area contributed by atoms with E-state index in [1.807, 2.05) is 24.3 Å². The summed E-state index contributed by atoms with van der Waals surface area (Å²) >= 11 is 0. The Balaban J connectivity index is 1.66. The Labute approximate surface area is 153 Å². The molecule has 4 rings (SSSR count).